The highest BCUT2D eigenvalue weighted by Crippen LogP contribution is 2.13. The van der Waals surface area contributed by atoms with Crippen molar-refractivity contribution in [3.05, 3.63) is 41.3 Å². The van der Waals surface area contributed by atoms with Crippen LogP contribution in [0, 0.1) is 7.05 Å². The summed E-state index contributed by atoms with van der Waals surface area (Å²) >= 11 is 3.45. The molecule has 0 spiro atoms. The molecule has 0 aliphatic rings. The van der Waals surface area contributed by atoms with Gasteiger partial charge in [-0.2, -0.15) is 7.05 Å². The lowest BCUT2D eigenvalue weighted by Gasteiger charge is -2.01. The van der Waals surface area contributed by atoms with Gasteiger partial charge in [0.05, 0.1) is 6.54 Å². The van der Waals surface area contributed by atoms with Crippen molar-refractivity contribution < 1.29 is 5.32 Å². The first-order valence-corrected chi connectivity index (χ1v) is 3.98. The zero-order valence-electron chi connectivity index (χ0n) is 5.68. The second kappa shape index (κ2) is 3.74. The van der Waals surface area contributed by atoms with Crippen molar-refractivity contribution in [3.8, 4) is 0 Å². The number of rotatable bonds is 2. The normalized spacial score (nSPS) is 9.80. The fourth-order valence-electron chi connectivity index (χ4n) is 0.819. The van der Waals surface area contributed by atoms with Gasteiger partial charge < -0.3 is 5.32 Å². The molecule has 1 aromatic rings. The van der Waals surface area contributed by atoms with Crippen LogP contribution in [0.25, 0.3) is 0 Å². The van der Waals surface area contributed by atoms with E-state index in [1.54, 1.807) is 0 Å². The van der Waals surface area contributed by atoms with Gasteiger partial charge in [-0.15, -0.1) is 0 Å². The molecule has 0 atom stereocenters. The number of halogens is 1. The van der Waals surface area contributed by atoms with Crippen LogP contribution >= 0.6 is 15.9 Å². The van der Waals surface area contributed by atoms with E-state index >= 15 is 0 Å². The summed E-state index contributed by atoms with van der Waals surface area (Å²) in [6.07, 6.45) is 0. The van der Waals surface area contributed by atoms with Crippen molar-refractivity contribution in [3.63, 3.8) is 0 Å². The molecular weight excluding hydrogens is 190 g/mol. The van der Waals surface area contributed by atoms with Crippen molar-refractivity contribution in [1.29, 1.82) is 0 Å². The van der Waals surface area contributed by atoms with Crippen molar-refractivity contribution >= 4 is 15.9 Å². The zero-order valence-corrected chi connectivity index (χ0v) is 7.26. The molecule has 0 aromatic heterocycles. The molecule has 0 heterocycles. The summed E-state index contributed by atoms with van der Waals surface area (Å²) in [6.45, 7) is 0.932. The Morgan fingerprint density at radius 3 is 2.70 bits per heavy atom. The number of benzene rings is 1. The predicted octanol–water partition coefficient (Wildman–Crippen LogP) is 1.30. The number of quaternary nitrogens is 1. The second-order valence-corrected chi connectivity index (χ2v) is 2.94. The molecule has 1 aromatic carbocycles. The van der Waals surface area contributed by atoms with E-state index in [1.165, 1.54) is 5.56 Å². The van der Waals surface area contributed by atoms with Gasteiger partial charge in [-0.25, -0.2) is 0 Å². The average Bonchev–Trinajstić information content (AvgIpc) is 1.94. The fraction of sp³-hybridized carbons (Fsp3) is 0.125. The minimum atomic E-state index is 0.932. The van der Waals surface area contributed by atoms with Crippen LogP contribution in [0.4, 0.5) is 0 Å². The van der Waals surface area contributed by atoms with Crippen LogP contribution in [0.5, 0.6) is 0 Å². The third kappa shape index (κ3) is 1.82. The molecule has 0 saturated heterocycles. The molecule has 0 amide bonds. The predicted molar refractivity (Wildman–Crippen MR) is 45.1 cm³/mol. The molecule has 54 valence electrons. The standard InChI is InChI=1S/C8H10BrN/c1-10-6-7-4-2-3-5-8(7)9/h2-5H,1,6,10H2. The van der Waals surface area contributed by atoms with E-state index < -0.39 is 0 Å². The molecule has 1 nitrogen and oxygen atoms in total. The quantitative estimate of drug-likeness (QED) is 0.693. The van der Waals surface area contributed by atoms with Crippen molar-refractivity contribution in [1.82, 2.24) is 0 Å². The summed E-state index contributed by atoms with van der Waals surface area (Å²) in [5.41, 5.74) is 1.29. The van der Waals surface area contributed by atoms with Gasteiger partial charge >= 0.3 is 0 Å². The van der Waals surface area contributed by atoms with Gasteiger partial charge in [-0.05, 0) is 6.07 Å². The van der Waals surface area contributed by atoms with Gasteiger partial charge in [0.25, 0.3) is 0 Å². The van der Waals surface area contributed by atoms with Crippen molar-refractivity contribution in [2.75, 3.05) is 0 Å². The van der Waals surface area contributed by atoms with E-state index in [1.807, 2.05) is 23.5 Å². The van der Waals surface area contributed by atoms with Gasteiger partial charge in [0.15, 0.2) is 0 Å². The van der Waals surface area contributed by atoms with Gasteiger partial charge in [0.2, 0.25) is 0 Å². The lowest BCUT2D eigenvalue weighted by Crippen LogP contribution is -2.74. The van der Waals surface area contributed by atoms with Crippen LogP contribution in [0.1, 0.15) is 5.56 Å². The van der Waals surface area contributed by atoms with Crippen LogP contribution in [0.3, 0.4) is 0 Å². The summed E-state index contributed by atoms with van der Waals surface area (Å²) in [5, 5.41) is 1.90. The Kier molecular flexibility index (Phi) is 2.90. The van der Waals surface area contributed by atoms with E-state index in [0.29, 0.717) is 0 Å². The summed E-state index contributed by atoms with van der Waals surface area (Å²) in [6, 6.07) is 8.17. The Labute approximate surface area is 69.6 Å². The topological polar surface area (TPSA) is 16.6 Å². The van der Waals surface area contributed by atoms with Crippen LogP contribution < -0.4 is 5.32 Å². The highest BCUT2D eigenvalue weighted by molar-refractivity contribution is 9.10. The zero-order chi connectivity index (χ0) is 7.40. The Balaban J connectivity index is 2.81. The van der Waals surface area contributed by atoms with Crippen LogP contribution in [0.15, 0.2) is 28.7 Å². The van der Waals surface area contributed by atoms with Gasteiger partial charge in [-0.1, -0.05) is 34.1 Å². The molecule has 0 aliphatic carbocycles. The Morgan fingerprint density at radius 1 is 1.40 bits per heavy atom. The van der Waals surface area contributed by atoms with Gasteiger partial charge in [0, 0.05) is 10.0 Å². The Hall–Kier alpha value is -0.340. The summed E-state index contributed by atoms with van der Waals surface area (Å²) in [5.74, 6) is 0. The largest absolute Gasteiger partial charge is 0.475 e. The Morgan fingerprint density at radius 2 is 2.10 bits per heavy atom. The molecule has 2 heteroatoms. The highest BCUT2D eigenvalue weighted by Gasteiger charge is 1.94. The molecule has 2 N–H and O–H groups in total. The van der Waals surface area contributed by atoms with E-state index in [4.69, 9.17) is 0 Å². The molecule has 0 aliphatic heterocycles. The highest BCUT2D eigenvalue weighted by atomic mass is 79.9. The Bertz CT molecular complexity index is 210. The number of nitrogens with two attached hydrogens (primary N) is 1. The lowest BCUT2D eigenvalue weighted by molar-refractivity contribution is -0.612. The molecule has 0 radical (unpaired) electrons. The SMILES string of the molecule is [CH2-][NH2+]Cc1ccccc1Br. The van der Waals surface area contributed by atoms with Gasteiger partial charge in [-0.3, -0.25) is 0 Å². The van der Waals surface area contributed by atoms with Gasteiger partial charge in [0.1, 0.15) is 0 Å². The molecule has 10 heavy (non-hydrogen) atoms. The minimum Gasteiger partial charge on any atom is -0.475 e. The maximum Gasteiger partial charge on any atom is 0.0784 e. The van der Waals surface area contributed by atoms with E-state index in [2.05, 4.69) is 29.0 Å². The molecule has 0 unspecified atom stereocenters. The summed E-state index contributed by atoms with van der Waals surface area (Å²) in [7, 11) is 3.68. The molecular formula is C8H10BrN. The third-order valence-electron chi connectivity index (χ3n) is 1.32. The molecule has 0 bridgehead atoms. The first kappa shape index (κ1) is 7.76. The smallest absolute Gasteiger partial charge is 0.0784 e. The fourth-order valence-corrected chi connectivity index (χ4v) is 1.27. The van der Waals surface area contributed by atoms with Crippen molar-refractivity contribution in [2.24, 2.45) is 0 Å². The first-order valence-electron chi connectivity index (χ1n) is 3.19. The average molecular weight is 200 g/mol. The van der Waals surface area contributed by atoms with E-state index in [9.17, 15) is 0 Å². The van der Waals surface area contributed by atoms with Crippen LogP contribution in [0.2, 0.25) is 0 Å². The summed E-state index contributed by atoms with van der Waals surface area (Å²) < 4.78 is 1.16. The van der Waals surface area contributed by atoms with Crippen LogP contribution in [-0.2, 0) is 6.54 Å². The maximum atomic E-state index is 3.68. The van der Waals surface area contributed by atoms with Crippen molar-refractivity contribution in [2.45, 2.75) is 6.54 Å². The van der Waals surface area contributed by atoms with E-state index in [-0.39, 0.29) is 0 Å². The monoisotopic (exact) mass is 199 g/mol. The molecule has 1 rings (SSSR count). The van der Waals surface area contributed by atoms with E-state index in [0.717, 1.165) is 11.0 Å². The number of hydrogen-bond donors (Lipinski definition) is 1. The third-order valence-corrected chi connectivity index (χ3v) is 2.10. The maximum absolute atomic E-state index is 3.68. The minimum absolute atomic E-state index is 0.932. The molecule has 0 saturated carbocycles. The second-order valence-electron chi connectivity index (χ2n) is 2.08. The summed E-state index contributed by atoms with van der Waals surface area (Å²) in [4.78, 5) is 0. The first-order chi connectivity index (χ1) is 4.84. The molecule has 0 fully saturated rings. The number of hydrogen-bond acceptors (Lipinski definition) is 0. The van der Waals surface area contributed by atoms with Crippen LogP contribution in [-0.4, -0.2) is 0 Å². The lowest BCUT2D eigenvalue weighted by atomic mass is 10.2.